The minimum absolute atomic E-state index is 0.0258. The molecule has 1 fully saturated rings. The average Bonchev–Trinajstić information content (AvgIpc) is 2.84. The lowest BCUT2D eigenvalue weighted by atomic mass is 10.0. The van der Waals surface area contributed by atoms with Crippen LogP contribution in [0, 0.1) is 5.92 Å². The van der Waals surface area contributed by atoms with Gasteiger partial charge in [-0.25, -0.2) is 4.79 Å². The van der Waals surface area contributed by atoms with E-state index in [2.05, 4.69) is 0 Å². The number of aliphatic carboxylic acids is 1. The molecule has 0 spiro atoms. The van der Waals surface area contributed by atoms with Crippen molar-refractivity contribution in [2.45, 2.75) is 32.6 Å². The topological polar surface area (TPSA) is 81.1 Å². The summed E-state index contributed by atoms with van der Waals surface area (Å²) in [5, 5.41) is 17.6. The van der Waals surface area contributed by atoms with Crippen molar-refractivity contribution < 1.29 is 19.8 Å². The molecule has 110 valence electrons. The Morgan fingerprint density at radius 1 is 1.37 bits per heavy atom. The SMILES string of the molecule is CCCN(CCO)C(=O)N1CCC(CCC(=O)O)C1. The predicted molar refractivity (Wildman–Crippen MR) is 70.9 cm³/mol. The lowest BCUT2D eigenvalue weighted by Gasteiger charge is -2.27. The summed E-state index contributed by atoms with van der Waals surface area (Å²) in [5.41, 5.74) is 0. The van der Waals surface area contributed by atoms with Crippen LogP contribution in [-0.4, -0.2) is 64.8 Å². The van der Waals surface area contributed by atoms with Crippen molar-refractivity contribution in [1.29, 1.82) is 0 Å². The third-order valence-electron chi connectivity index (χ3n) is 3.46. The van der Waals surface area contributed by atoms with Gasteiger partial charge in [-0.2, -0.15) is 0 Å². The quantitative estimate of drug-likeness (QED) is 0.724. The van der Waals surface area contributed by atoms with E-state index >= 15 is 0 Å². The van der Waals surface area contributed by atoms with E-state index in [1.807, 2.05) is 6.92 Å². The van der Waals surface area contributed by atoms with E-state index in [-0.39, 0.29) is 25.0 Å². The van der Waals surface area contributed by atoms with Crippen molar-refractivity contribution in [3.63, 3.8) is 0 Å². The summed E-state index contributed by atoms with van der Waals surface area (Å²) < 4.78 is 0. The number of carboxylic acid groups (broad SMARTS) is 1. The number of likely N-dealkylation sites (tertiary alicyclic amines) is 1. The second kappa shape index (κ2) is 7.99. The van der Waals surface area contributed by atoms with Gasteiger partial charge in [-0.15, -0.1) is 0 Å². The first-order valence-electron chi connectivity index (χ1n) is 6.95. The molecule has 2 N–H and O–H groups in total. The molecule has 0 aromatic rings. The zero-order chi connectivity index (χ0) is 14.3. The number of nitrogens with zero attached hydrogens (tertiary/aromatic N) is 2. The molecule has 2 amide bonds. The van der Waals surface area contributed by atoms with Crippen LogP contribution in [0.2, 0.25) is 0 Å². The van der Waals surface area contributed by atoms with Crippen molar-refractivity contribution >= 4 is 12.0 Å². The third-order valence-corrected chi connectivity index (χ3v) is 3.46. The molecular formula is C13H24N2O4. The summed E-state index contributed by atoms with van der Waals surface area (Å²) in [4.78, 5) is 26.2. The zero-order valence-electron chi connectivity index (χ0n) is 11.5. The summed E-state index contributed by atoms with van der Waals surface area (Å²) >= 11 is 0. The molecule has 0 bridgehead atoms. The van der Waals surface area contributed by atoms with Gasteiger partial charge in [-0.1, -0.05) is 6.92 Å². The number of aliphatic hydroxyl groups is 1. The van der Waals surface area contributed by atoms with Crippen molar-refractivity contribution in [2.75, 3.05) is 32.8 Å². The van der Waals surface area contributed by atoms with Crippen molar-refractivity contribution in [3.8, 4) is 0 Å². The molecule has 19 heavy (non-hydrogen) atoms. The number of urea groups is 1. The molecule has 1 unspecified atom stereocenters. The summed E-state index contributed by atoms with van der Waals surface area (Å²) in [6.07, 6.45) is 2.54. The summed E-state index contributed by atoms with van der Waals surface area (Å²) in [5.74, 6) is -0.490. The van der Waals surface area contributed by atoms with Gasteiger partial charge in [-0.3, -0.25) is 4.79 Å². The summed E-state index contributed by atoms with van der Waals surface area (Å²) in [7, 11) is 0. The normalized spacial score (nSPS) is 18.6. The maximum Gasteiger partial charge on any atom is 0.320 e. The molecule has 0 radical (unpaired) electrons. The molecule has 1 saturated heterocycles. The number of carbonyl (C=O) groups excluding carboxylic acids is 1. The Labute approximate surface area is 114 Å². The van der Waals surface area contributed by atoms with E-state index in [4.69, 9.17) is 10.2 Å². The minimum Gasteiger partial charge on any atom is -0.481 e. The second-order valence-corrected chi connectivity index (χ2v) is 5.03. The largest absolute Gasteiger partial charge is 0.481 e. The van der Waals surface area contributed by atoms with Gasteiger partial charge in [0.2, 0.25) is 0 Å². The Balaban J connectivity index is 2.43. The molecule has 1 aliphatic heterocycles. The van der Waals surface area contributed by atoms with E-state index in [1.54, 1.807) is 9.80 Å². The zero-order valence-corrected chi connectivity index (χ0v) is 11.5. The van der Waals surface area contributed by atoms with Gasteiger partial charge in [0, 0.05) is 32.6 Å². The van der Waals surface area contributed by atoms with Gasteiger partial charge in [0.1, 0.15) is 0 Å². The first-order chi connectivity index (χ1) is 9.08. The summed E-state index contributed by atoms with van der Waals surface area (Å²) in [6.45, 7) is 4.31. The lowest BCUT2D eigenvalue weighted by Crippen LogP contribution is -2.43. The molecule has 1 heterocycles. The highest BCUT2D eigenvalue weighted by molar-refractivity contribution is 5.74. The van der Waals surface area contributed by atoms with Crippen molar-refractivity contribution in [3.05, 3.63) is 0 Å². The lowest BCUT2D eigenvalue weighted by molar-refractivity contribution is -0.137. The second-order valence-electron chi connectivity index (χ2n) is 5.03. The van der Waals surface area contributed by atoms with Gasteiger partial charge in [0.15, 0.2) is 0 Å². The molecule has 0 aromatic heterocycles. The van der Waals surface area contributed by atoms with Crippen LogP contribution in [0.15, 0.2) is 0 Å². The van der Waals surface area contributed by atoms with Crippen LogP contribution in [0.3, 0.4) is 0 Å². The van der Waals surface area contributed by atoms with Crippen LogP contribution < -0.4 is 0 Å². The third kappa shape index (κ3) is 5.06. The molecule has 0 saturated carbocycles. The van der Waals surface area contributed by atoms with Gasteiger partial charge in [0.25, 0.3) is 0 Å². The molecule has 6 heteroatoms. The number of hydrogen-bond acceptors (Lipinski definition) is 3. The number of rotatable bonds is 7. The van der Waals surface area contributed by atoms with Crippen LogP contribution >= 0.6 is 0 Å². The molecule has 1 aliphatic rings. The average molecular weight is 272 g/mol. The van der Waals surface area contributed by atoms with Gasteiger partial charge in [-0.05, 0) is 25.2 Å². The predicted octanol–water partition coefficient (Wildman–Crippen LogP) is 0.997. The maximum absolute atomic E-state index is 12.2. The number of carbonyl (C=O) groups is 2. The monoisotopic (exact) mass is 272 g/mol. The van der Waals surface area contributed by atoms with Crippen molar-refractivity contribution in [2.24, 2.45) is 5.92 Å². The Kier molecular flexibility index (Phi) is 6.62. The fraction of sp³-hybridized carbons (Fsp3) is 0.846. The standard InChI is InChI=1S/C13H24N2O4/c1-2-6-14(8-9-16)13(19)15-7-5-11(10-15)3-4-12(17)18/h11,16H,2-10H2,1H3,(H,17,18). The van der Waals surface area contributed by atoms with Crippen LogP contribution in [0.1, 0.15) is 32.6 Å². The van der Waals surface area contributed by atoms with Crippen LogP contribution in [-0.2, 0) is 4.79 Å². The molecule has 1 atom stereocenters. The Morgan fingerprint density at radius 3 is 2.68 bits per heavy atom. The van der Waals surface area contributed by atoms with E-state index in [1.165, 1.54) is 0 Å². The van der Waals surface area contributed by atoms with Crippen molar-refractivity contribution in [1.82, 2.24) is 9.80 Å². The summed E-state index contributed by atoms with van der Waals surface area (Å²) in [6, 6.07) is -0.0336. The number of amides is 2. The molecule has 0 aromatic carbocycles. The highest BCUT2D eigenvalue weighted by atomic mass is 16.4. The highest BCUT2D eigenvalue weighted by Crippen LogP contribution is 2.22. The first kappa shape index (κ1) is 15.8. The van der Waals surface area contributed by atoms with Crippen LogP contribution in [0.25, 0.3) is 0 Å². The molecule has 1 rings (SSSR count). The van der Waals surface area contributed by atoms with Crippen LogP contribution in [0.4, 0.5) is 4.79 Å². The first-order valence-corrected chi connectivity index (χ1v) is 6.95. The number of hydrogen-bond donors (Lipinski definition) is 2. The van der Waals surface area contributed by atoms with E-state index < -0.39 is 5.97 Å². The number of aliphatic hydroxyl groups excluding tert-OH is 1. The van der Waals surface area contributed by atoms with E-state index in [0.29, 0.717) is 32.6 Å². The smallest absolute Gasteiger partial charge is 0.320 e. The van der Waals surface area contributed by atoms with E-state index in [9.17, 15) is 9.59 Å². The molecule has 6 nitrogen and oxygen atoms in total. The fourth-order valence-corrected chi connectivity index (χ4v) is 2.46. The molecule has 0 aliphatic carbocycles. The molecular weight excluding hydrogens is 248 g/mol. The van der Waals surface area contributed by atoms with E-state index in [0.717, 1.165) is 12.8 Å². The van der Waals surface area contributed by atoms with Crippen LogP contribution in [0.5, 0.6) is 0 Å². The Bertz CT molecular complexity index is 303. The highest BCUT2D eigenvalue weighted by Gasteiger charge is 2.28. The Morgan fingerprint density at radius 2 is 2.11 bits per heavy atom. The van der Waals surface area contributed by atoms with Gasteiger partial charge < -0.3 is 20.0 Å². The minimum atomic E-state index is -0.780. The maximum atomic E-state index is 12.2. The van der Waals surface area contributed by atoms with Gasteiger partial charge >= 0.3 is 12.0 Å². The number of carboxylic acids is 1. The fourth-order valence-electron chi connectivity index (χ4n) is 2.46. The van der Waals surface area contributed by atoms with Gasteiger partial charge in [0.05, 0.1) is 6.61 Å². The Hall–Kier alpha value is -1.30.